The maximum absolute atomic E-state index is 12.0. The average molecular weight is 303 g/mol. The molecule has 0 aromatic carbocycles. The first-order valence-electron chi connectivity index (χ1n) is 6.96. The third-order valence-electron chi connectivity index (χ3n) is 3.51. The molecule has 5 nitrogen and oxygen atoms in total. The van der Waals surface area contributed by atoms with Crippen LogP contribution in [-0.4, -0.2) is 34.9 Å². The van der Waals surface area contributed by atoms with Crippen molar-refractivity contribution in [3.8, 4) is 0 Å². The third kappa shape index (κ3) is 3.65. The number of hydrogen-bond donors (Lipinski definition) is 1. The van der Waals surface area contributed by atoms with Gasteiger partial charge in [-0.25, -0.2) is 4.79 Å². The Labute approximate surface area is 127 Å². The maximum Gasteiger partial charge on any atom is 0.348 e. The van der Waals surface area contributed by atoms with Gasteiger partial charge < -0.3 is 10.1 Å². The van der Waals surface area contributed by atoms with Crippen LogP contribution >= 0.6 is 11.3 Å². The van der Waals surface area contributed by atoms with E-state index in [0.29, 0.717) is 17.5 Å². The molecule has 1 unspecified atom stereocenters. The quantitative estimate of drug-likeness (QED) is 0.875. The number of nitrogens with one attached hydrogen (secondary N) is 1. The predicted octanol–water partition coefficient (Wildman–Crippen LogP) is 1.98. The molecular weight excluding hydrogens is 286 g/mol. The summed E-state index contributed by atoms with van der Waals surface area (Å²) in [6.45, 7) is 2.68. The van der Waals surface area contributed by atoms with Crippen molar-refractivity contribution in [3.63, 3.8) is 0 Å². The number of ether oxygens (including phenoxy) is 1. The van der Waals surface area contributed by atoms with Crippen molar-refractivity contribution in [2.45, 2.75) is 31.9 Å². The molecule has 110 valence electrons. The van der Waals surface area contributed by atoms with Crippen LogP contribution < -0.4 is 5.32 Å². The minimum atomic E-state index is -0.217. The summed E-state index contributed by atoms with van der Waals surface area (Å²) in [6.07, 6.45) is 5.12. The molecule has 0 bridgehead atoms. The Hall–Kier alpha value is -1.79. The molecule has 2 aromatic heterocycles. The molecule has 0 saturated carbocycles. The highest BCUT2D eigenvalue weighted by Crippen LogP contribution is 2.19. The van der Waals surface area contributed by atoms with E-state index in [9.17, 15) is 4.79 Å². The van der Waals surface area contributed by atoms with E-state index in [1.165, 1.54) is 11.3 Å². The van der Waals surface area contributed by atoms with Crippen molar-refractivity contribution < 1.29 is 9.53 Å². The van der Waals surface area contributed by atoms with Gasteiger partial charge in [0.05, 0.1) is 6.20 Å². The molecule has 1 aliphatic rings. The van der Waals surface area contributed by atoms with E-state index in [0.717, 1.165) is 24.0 Å². The summed E-state index contributed by atoms with van der Waals surface area (Å²) in [6, 6.07) is 4.15. The first-order valence-corrected chi connectivity index (χ1v) is 7.84. The minimum absolute atomic E-state index is 0.0558. The summed E-state index contributed by atoms with van der Waals surface area (Å²) >= 11 is 1.43. The van der Waals surface area contributed by atoms with Gasteiger partial charge in [-0.15, -0.1) is 11.3 Å². The lowest BCUT2D eigenvalue weighted by Gasteiger charge is -2.11. The van der Waals surface area contributed by atoms with Gasteiger partial charge in [-0.3, -0.25) is 0 Å². The van der Waals surface area contributed by atoms with Gasteiger partial charge >= 0.3 is 5.97 Å². The summed E-state index contributed by atoms with van der Waals surface area (Å²) in [5.74, 6) is -0.217. The van der Waals surface area contributed by atoms with Crippen molar-refractivity contribution in [2.75, 3.05) is 6.54 Å². The SMILES string of the molecule is Cc1csc(C(=O)O[C@H]2CNC(Cc3ccnnc3)C2)c1. The highest BCUT2D eigenvalue weighted by atomic mass is 32.1. The highest BCUT2D eigenvalue weighted by Gasteiger charge is 2.27. The van der Waals surface area contributed by atoms with Crippen LogP contribution in [0.2, 0.25) is 0 Å². The molecule has 0 amide bonds. The molecule has 1 fully saturated rings. The number of rotatable bonds is 4. The van der Waals surface area contributed by atoms with Crippen LogP contribution in [0.1, 0.15) is 27.2 Å². The number of aromatic nitrogens is 2. The standard InChI is InChI=1S/C15H17N3O2S/c1-10-4-14(21-9-10)15(19)20-13-6-12(16-8-13)5-11-2-3-17-18-7-11/h2-4,7,9,12-13,16H,5-6,8H2,1H3/t12?,13-/m1/s1. The fraction of sp³-hybridized carbons (Fsp3) is 0.400. The highest BCUT2D eigenvalue weighted by molar-refractivity contribution is 7.12. The number of esters is 1. The lowest BCUT2D eigenvalue weighted by atomic mass is 10.1. The number of thiophene rings is 1. The Morgan fingerprint density at radius 3 is 3.14 bits per heavy atom. The average Bonchev–Trinajstić information content (AvgIpc) is 3.09. The molecule has 6 heteroatoms. The topological polar surface area (TPSA) is 64.1 Å². The Morgan fingerprint density at radius 1 is 1.52 bits per heavy atom. The van der Waals surface area contributed by atoms with Gasteiger partial charge in [0.2, 0.25) is 0 Å². The van der Waals surface area contributed by atoms with Crippen LogP contribution in [-0.2, 0) is 11.2 Å². The largest absolute Gasteiger partial charge is 0.457 e. The van der Waals surface area contributed by atoms with Gasteiger partial charge in [0, 0.05) is 25.2 Å². The molecule has 3 rings (SSSR count). The van der Waals surface area contributed by atoms with Crippen LogP contribution in [0.5, 0.6) is 0 Å². The van der Waals surface area contributed by atoms with Gasteiger partial charge in [-0.2, -0.15) is 10.2 Å². The zero-order valence-corrected chi connectivity index (χ0v) is 12.6. The molecule has 1 N–H and O–H groups in total. The van der Waals surface area contributed by atoms with Crippen LogP contribution in [0.4, 0.5) is 0 Å². The Balaban J connectivity index is 1.52. The summed E-state index contributed by atoms with van der Waals surface area (Å²) < 4.78 is 5.56. The smallest absolute Gasteiger partial charge is 0.348 e. The van der Waals surface area contributed by atoms with Gasteiger partial charge in [-0.1, -0.05) is 0 Å². The lowest BCUT2D eigenvalue weighted by molar-refractivity contribution is 0.0345. The third-order valence-corrected chi connectivity index (χ3v) is 4.54. The molecule has 2 atom stereocenters. The fourth-order valence-electron chi connectivity index (χ4n) is 2.50. The van der Waals surface area contributed by atoms with E-state index in [4.69, 9.17) is 4.74 Å². The summed E-state index contributed by atoms with van der Waals surface area (Å²) in [4.78, 5) is 12.7. The minimum Gasteiger partial charge on any atom is -0.457 e. The fourth-order valence-corrected chi connectivity index (χ4v) is 3.28. The van der Waals surface area contributed by atoms with E-state index in [1.54, 1.807) is 12.4 Å². The van der Waals surface area contributed by atoms with Crippen molar-refractivity contribution in [2.24, 2.45) is 0 Å². The van der Waals surface area contributed by atoms with E-state index >= 15 is 0 Å². The number of carbonyl (C=O) groups is 1. The molecule has 0 aliphatic carbocycles. The van der Waals surface area contributed by atoms with Gasteiger partial charge in [0.25, 0.3) is 0 Å². The van der Waals surface area contributed by atoms with Gasteiger partial charge in [-0.05, 0) is 42.0 Å². The Morgan fingerprint density at radius 2 is 2.43 bits per heavy atom. The van der Waals surface area contributed by atoms with Crippen molar-refractivity contribution in [1.29, 1.82) is 0 Å². The van der Waals surface area contributed by atoms with Gasteiger partial charge in [0.15, 0.2) is 0 Å². The van der Waals surface area contributed by atoms with Crippen LogP contribution in [0.15, 0.2) is 29.9 Å². The monoisotopic (exact) mass is 303 g/mol. The lowest BCUT2D eigenvalue weighted by Crippen LogP contribution is -2.24. The van der Waals surface area contributed by atoms with Crippen LogP contribution in [0.25, 0.3) is 0 Å². The predicted molar refractivity (Wildman–Crippen MR) is 80.4 cm³/mol. The van der Waals surface area contributed by atoms with Crippen molar-refractivity contribution >= 4 is 17.3 Å². The molecule has 0 radical (unpaired) electrons. The summed E-state index contributed by atoms with van der Waals surface area (Å²) in [5, 5.41) is 13.0. The molecule has 2 aromatic rings. The van der Waals surface area contributed by atoms with Gasteiger partial charge in [0.1, 0.15) is 11.0 Å². The van der Waals surface area contributed by atoms with E-state index < -0.39 is 0 Å². The molecule has 0 spiro atoms. The number of nitrogens with zero attached hydrogens (tertiary/aromatic N) is 2. The van der Waals surface area contributed by atoms with E-state index in [1.807, 2.05) is 24.4 Å². The Bertz CT molecular complexity index is 614. The zero-order chi connectivity index (χ0) is 14.7. The Kier molecular flexibility index (Phi) is 4.26. The molecule has 21 heavy (non-hydrogen) atoms. The first kappa shape index (κ1) is 14.2. The van der Waals surface area contributed by atoms with E-state index in [-0.39, 0.29) is 12.1 Å². The number of hydrogen-bond acceptors (Lipinski definition) is 6. The van der Waals surface area contributed by atoms with Crippen molar-refractivity contribution in [1.82, 2.24) is 15.5 Å². The van der Waals surface area contributed by atoms with Crippen molar-refractivity contribution in [3.05, 3.63) is 45.9 Å². The molecule has 1 aliphatic heterocycles. The maximum atomic E-state index is 12.0. The second-order valence-corrected chi connectivity index (χ2v) is 6.22. The zero-order valence-electron chi connectivity index (χ0n) is 11.8. The normalized spacial score (nSPS) is 21.4. The van der Waals surface area contributed by atoms with Crippen LogP contribution in [0.3, 0.4) is 0 Å². The second kappa shape index (κ2) is 6.32. The first-order chi connectivity index (χ1) is 10.2. The van der Waals surface area contributed by atoms with Crippen LogP contribution in [0, 0.1) is 6.92 Å². The second-order valence-electron chi connectivity index (χ2n) is 5.31. The number of carbonyl (C=O) groups excluding carboxylic acids is 1. The summed E-state index contributed by atoms with van der Waals surface area (Å²) in [7, 11) is 0. The molecular formula is C15H17N3O2S. The number of aryl methyl sites for hydroxylation is 1. The molecule has 1 saturated heterocycles. The van der Waals surface area contributed by atoms with E-state index in [2.05, 4.69) is 15.5 Å². The summed E-state index contributed by atoms with van der Waals surface area (Å²) in [5.41, 5.74) is 2.24. The molecule has 3 heterocycles.